The number of rotatable bonds is 6. The zero-order chi connectivity index (χ0) is 17.8. The van der Waals surface area contributed by atoms with E-state index in [0.29, 0.717) is 16.9 Å². The van der Waals surface area contributed by atoms with Crippen LogP contribution in [0.15, 0.2) is 60.9 Å². The molecule has 0 fully saturated rings. The molecular formula is C20H18N2O3. The Bertz CT molecular complexity index is 893. The minimum Gasteiger partial charge on any atom is -0.497 e. The van der Waals surface area contributed by atoms with E-state index in [9.17, 15) is 9.59 Å². The van der Waals surface area contributed by atoms with Gasteiger partial charge in [0.1, 0.15) is 5.75 Å². The molecule has 0 amide bonds. The van der Waals surface area contributed by atoms with Crippen LogP contribution in [0, 0.1) is 6.92 Å². The largest absolute Gasteiger partial charge is 0.497 e. The number of ether oxygens (including phenoxy) is 1. The molecule has 0 N–H and O–H groups in total. The van der Waals surface area contributed by atoms with Gasteiger partial charge in [0.15, 0.2) is 11.6 Å². The monoisotopic (exact) mass is 334 g/mol. The third-order valence-electron chi connectivity index (χ3n) is 3.96. The normalized spacial score (nSPS) is 10.5. The third kappa shape index (κ3) is 3.66. The molecule has 5 nitrogen and oxygen atoms in total. The Balaban J connectivity index is 1.80. The molecule has 0 saturated carbocycles. The molecule has 5 heteroatoms. The molecule has 0 aliphatic heterocycles. The predicted octanol–water partition coefficient (Wildman–Crippen LogP) is 3.31. The van der Waals surface area contributed by atoms with Crippen molar-refractivity contribution in [1.82, 2.24) is 9.55 Å². The Morgan fingerprint density at radius 3 is 2.28 bits per heavy atom. The minimum absolute atomic E-state index is 0.0678. The van der Waals surface area contributed by atoms with Crippen LogP contribution in [-0.4, -0.2) is 28.2 Å². The van der Waals surface area contributed by atoms with Gasteiger partial charge in [-0.1, -0.05) is 29.8 Å². The number of benzene rings is 2. The quantitative estimate of drug-likeness (QED) is 0.649. The fraction of sp³-hybridized carbons (Fsp3) is 0.150. The molecule has 0 saturated heterocycles. The number of aromatic nitrogens is 2. The molecule has 0 bridgehead atoms. The second-order valence-corrected chi connectivity index (χ2v) is 5.73. The van der Waals surface area contributed by atoms with Gasteiger partial charge in [-0.05, 0) is 31.2 Å². The van der Waals surface area contributed by atoms with Crippen LogP contribution in [0.3, 0.4) is 0 Å². The number of carbonyl (C=O) groups excluding carboxylic acids is 2. The average molecular weight is 334 g/mol. The fourth-order valence-corrected chi connectivity index (χ4v) is 2.50. The van der Waals surface area contributed by atoms with E-state index in [-0.39, 0.29) is 23.9 Å². The third-order valence-corrected chi connectivity index (χ3v) is 3.96. The van der Waals surface area contributed by atoms with Crippen LogP contribution in [0.2, 0.25) is 0 Å². The number of ketones is 2. The highest BCUT2D eigenvalue weighted by Gasteiger charge is 2.17. The van der Waals surface area contributed by atoms with Crippen LogP contribution >= 0.6 is 0 Å². The van der Waals surface area contributed by atoms with Crippen molar-refractivity contribution in [3.63, 3.8) is 0 Å². The van der Waals surface area contributed by atoms with E-state index in [4.69, 9.17) is 4.74 Å². The molecule has 126 valence electrons. The van der Waals surface area contributed by atoms with Crippen LogP contribution in [0.4, 0.5) is 0 Å². The highest BCUT2D eigenvalue weighted by Crippen LogP contribution is 2.15. The smallest absolute Gasteiger partial charge is 0.228 e. The number of carbonyl (C=O) groups is 2. The summed E-state index contributed by atoms with van der Waals surface area (Å²) in [6.45, 7) is 2.04. The Hall–Kier alpha value is -3.21. The van der Waals surface area contributed by atoms with Crippen molar-refractivity contribution in [1.29, 1.82) is 0 Å². The summed E-state index contributed by atoms with van der Waals surface area (Å²) in [6.07, 6.45) is 3.17. The van der Waals surface area contributed by atoms with Gasteiger partial charge in [0.05, 0.1) is 13.7 Å². The summed E-state index contributed by atoms with van der Waals surface area (Å²) < 4.78 is 6.67. The first-order chi connectivity index (χ1) is 12.1. The van der Waals surface area contributed by atoms with E-state index >= 15 is 0 Å². The lowest BCUT2D eigenvalue weighted by atomic mass is 10.1. The van der Waals surface area contributed by atoms with Gasteiger partial charge in [-0.15, -0.1) is 0 Å². The zero-order valence-corrected chi connectivity index (χ0v) is 14.1. The van der Waals surface area contributed by atoms with Crippen LogP contribution < -0.4 is 4.74 Å². The maximum absolute atomic E-state index is 12.7. The molecule has 1 aromatic heterocycles. The zero-order valence-electron chi connectivity index (χ0n) is 14.1. The van der Waals surface area contributed by atoms with E-state index < -0.39 is 0 Å². The SMILES string of the molecule is COc1ccc(C(=O)c2nccn2CC(=O)c2ccc(C)cc2)cc1. The first-order valence-corrected chi connectivity index (χ1v) is 7.88. The van der Waals surface area contributed by atoms with Crippen molar-refractivity contribution in [2.24, 2.45) is 0 Å². The molecule has 0 aliphatic carbocycles. The topological polar surface area (TPSA) is 61.2 Å². The molecule has 0 unspecified atom stereocenters. The van der Waals surface area contributed by atoms with Crippen molar-refractivity contribution in [3.05, 3.63) is 83.4 Å². The lowest BCUT2D eigenvalue weighted by molar-refractivity contribution is 0.0967. The first kappa shape index (κ1) is 16.6. The maximum Gasteiger partial charge on any atom is 0.228 e. The van der Waals surface area contributed by atoms with Crippen LogP contribution in [0.1, 0.15) is 32.1 Å². The van der Waals surface area contributed by atoms with Crippen molar-refractivity contribution in [2.45, 2.75) is 13.5 Å². The highest BCUT2D eigenvalue weighted by molar-refractivity contribution is 6.07. The summed E-state index contributed by atoms with van der Waals surface area (Å²) in [7, 11) is 1.57. The summed E-state index contributed by atoms with van der Waals surface area (Å²) in [6, 6.07) is 14.2. The molecule has 25 heavy (non-hydrogen) atoms. The van der Waals surface area contributed by atoms with Crippen LogP contribution in [-0.2, 0) is 6.54 Å². The molecule has 2 aromatic carbocycles. The summed E-state index contributed by atoms with van der Waals surface area (Å²) in [5.41, 5.74) is 2.20. The highest BCUT2D eigenvalue weighted by atomic mass is 16.5. The minimum atomic E-state index is -0.232. The van der Waals surface area contributed by atoms with Gasteiger partial charge in [0.2, 0.25) is 5.78 Å². The van der Waals surface area contributed by atoms with Gasteiger partial charge in [0, 0.05) is 23.5 Å². The summed E-state index contributed by atoms with van der Waals surface area (Å²) >= 11 is 0. The van der Waals surface area contributed by atoms with Gasteiger partial charge in [-0.25, -0.2) is 4.98 Å². The lowest BCUT2D eigenvalue weighted by Gasteiger charge is -2.07. The number of hydrogen-bond donors (Lipinski definition) is 0. The molecule has 0 aliphatic rings. The Morgan fingerprint density at radius 2 is 1.64 bits per heavy atom. The second-order valence-electron chi connectivity index (χ2n) is 5.73. The Kier molecular flexibility index (Phi) is 4.75. The molecular weight excluding hydrogens is 316 g/mol. The summed E-state index contributed by atoms with van der Waals surface area (Å²) in [4.78, 5) is 29.2. The Labute approximate surface area is 145 Å². The summed E-state index contributed by atoms with van der Waals surface area (Å²) in [5.74, 6) is 0.617. The van der Waals surface area contributed by atoms with Crippen LogP contribution in [0.5, 0.6) is 5.75 Å². The van der Waals surface area contributed by atoms with E-state index in [0.717, 1.165) is 5.56 Å². The number of nitrogens with zero attached hydrogens (tertiary/aromatic N) is 2. The van der Waals surface area contributed by atoms with Gasteiger partial charge in [-0.2, -0.15) is 0 Å². The number of Topliss-reactive ketones (excluding diaryl/α,β-unsaturated/α-hetero) is 1. The summed E-state index contributed by atoms with van der Waals surface area (Å²) in [5, 5.41) is 0. The number of methoxy groups -OCH3 is 1. The first-order valence-electron chi connectivity index (χ1n) is 7.88. The number of hydrogen-bond acceptors (Lipinski definition) is 4. The van der Waals surface area contributed by atoms with Crippen molar-refractivity contribution in [2.75, 3.05) is 7.11 Å². The standard InChI is InChI=1S/C20H18N2O3/c1-14-3-5-15(6-4-14)18(23)13-22-12-11-21-20(22)19(24)16-7-9-17(25-2)10-8-16/h3-12H,13H2,1-2H3. The number of imidazole rings is 1. The van der Waals surface area contributed by atoms with Crippen LogP contribution in [0.25, 0.3) is 0 Å². The molecule has 0 spiro atoms. The maximum atomic E-state index is 12.7. The van der Waals surface area contributed by atoms with Crippen molar-refractivity contribution < 1.29 is 14.3 Å². The van der Waals surface area contributed by atoms with Crippen molar-refractivity contribution in [3.8, 4) is 5.75 Å². The fourth-order valence-electron chi connectivity index (χ4n) is 2.50. The number of aryl methyl sites for hydroxylation is 1. The average Bonchev–Trinajstić information content (AvgIpc) is 3.09. The Morgan fingerprint density at radius 1 is 1.00 bits per heavy atom. The molecule has 3 rings (SSSR count). The van der Waals surface area contributed by atoms with E-state index in [1.807, 2.05) is 19.1 Å². The van der Waals surface area contributed by atoms with Crippen molar-refractivity contribution >= 4 is 11.6 Å². The van der Waals surface area contributed by atoms with E-state index in [1.165, 1.54) is 6.20 Å². The van der Waals surface area contributed by atoms with E-state index in [1.54, 1.807) is 54.3 Å². The van der Waals surface area contributed by atoms with E-state index in [2.05, 4.69) is 4.98 Å². The van der Waals surface area contributed by atoms with Gasteiger partial charge in [0.25, 0.3) is 0 Å². The molecule has 3 aromatic rings. The molecule has 0 atom stereocenters. The lowest BCUT2D eigenvalue weighted by Crippen LogP contribution is -2.16. The van der Waals surface area contributed by atoms with Gasteiger partial charge >= 0.3 is 0 Å². The van der Waals surface area contributed by atoms with Gasteiger partial charge in [-0.3, -0.25) is 9.59 Å². The molecule has 1 heterocycles. The van der Waals surface area contributed by atoms with Gasteiger partial charge < -0.3 is 9.30 Å². The molecule has 0 radical (unpaired) electrons. The second kappa shape index (κ2) is 7.13. The predicted molar refractivity (Wildman–Crippen MR) is 94.2 cm³/mol.